The van der Waals surface area contributed by atoms with E-state index in [0.717, 1.165) is 16.6 Å². The summed E-state index contributed by atoms with van der Waals surface area (Å²) in [5, 5.41) is 9.24. The number of hydrogen-bond donors (Lipinski definition) is 1. The van der Waals surface area contributed by atoms with E-state index in [1.807, 2.05) is 49.4 Å². The van der Waals surface area contributed by atoms with Crippen LogP contribution in [0.2, 0.25) is 0 Å². The lowest BCUT2D eigenvalue weighted by Gasteiger charge is -2.12. The van der Waals surface area contributed by atoms with E-state index in [0.29, 0.717) is 23.9 Å². The highest BCUT2D eigenvalue weighted by molar-refractivity contribution is 5.83. The Labute approximate surface area is 139 Å². The van der Waals surface area contributed by atoms with Gasteiger partial charge >= 0.3 is 5.97 Å². The number of para-hydroxylation sites is 2. The molecule has 0 aliphatic carbocycles. The zero-order valence-electron chi connectivity index (χ0n) is 13.5. The molecule has 3 rings (SSSR count). The highest BCUT2D eigenvalue weighted by Gasteiger charge is 2.16. The van der Waals surface area contributed by atoms with Gasteiger partial charge in [-0.3, -0.25) is 4.79 Å². The Hall–Kier alpha value is -3.02. The average molecular weight is 326 g/mol. The normalized spacial score (nSPS) is 10.8. The highest BCUT2D eigenvalue weighted by Crippen LogP contribution is 2.33. The van der Waals surface area contributed by atoms with Gasteiger partial charge in [0.05, 0.1) is 24.8 Å². The Kier molecular flexibility index (Phi) is 4.37. The fourth-order valence-electron chi connectivity index (χ4n) is 2.67. The van der Waals surface area contributed by atoms with Crippen LogP contribution in [0.5, 0.6) is 11.5 Å². The molecule has 6 nitrogen and oxygen atoms in total. The second-order valence-corrected chi connectivity index (χ2v) is 5.20. The number of carboxylic acids is 1. The maximum Gasteiger partial charge on any atom is 0.323 e. The first-order valence-corrected chi connectivity index (χ1v) is 7.62. The Morgan fingerprint density at radius 1 is 1.21 bits per heavy atom. The van der Waals surface area contributed by atoms with Crippen LogP contribution in [0.15, 0.2) is 42.5 Å². The van der Waals surface area contributed by atoms with Gasteiger partial charge in [0.25, 0.3) is 0 Å². The summed E-state index contributed by atoms with van der Waals surface area (Å²) in [6.07, 6.45) is 0. The SMILES string of the molecule is CCOc1ccc(-c2nc3ccccc3n2CC(=O)O)cc1OC. The average Bonchev–Trinajstić information content (AvgIpc) is 2.94. The molecule has 0 aliphatic heterocycles. The molecule has 3 aromatic rings. The Morgan fingerprint density at radius 3 is 2.71 bits per heavy atom. The van der Waals surface area contributed by atoms with Crippen molar-refractivity contribution >= 4 is 17.0 Å². The zero-order valence-corrected chi connectivity index (χ0v) is 13.5. The molecular formula is C18H18N2O4. The van der Waals surface area contributed by atoms with Crippen LogP contribution < -0.4 is 9.47 Å². The van der Waals surface area contributed by atoms with Crippen LogP contribution in [0.1, 0.15) is 6.92 Å². The number of rotatable bonds is 6. The van der Waals surface area contributed by atoms with Gasteiger partial charge in [0.2, 0.25) is 0 Å². The van der Waals surface area contributed by atoms with Crippen molar-refractivity contribution in [3.63, 3.8) is 0 Å². The molecule has 0 unspecified atom stereocenters. The van der Waals surface area contributed by atoms with E-state index in [9.17, 15) is 9.90 Å². The van der Waals surface area contributed by atoms with Crippen molar-refractivity contribution in [1.82, 2.24) is 9.55 Å². The highest BCUT2D eigenvalue weighted by atomic mass is 16.5. The fourth-order valence-corrected chi connectivity index (χ4v) is 2.67. The maximum absolute atomic E-state index is 11.3. The fraction of sp³-hybridized carbons (Fsp3) is 0.222. The van der Waals surface area contributed by atoms with Crippen molar-refractivity contribution in [1.29, 1.82) is 0 Å². The van der Waals surface area contributed by atoms with Gasteiger partial charge in [0.15, 0.2) is 11.5 Å². The largest absolute Gasteiger partial charge is 0.493 e. The Bertz CT molecular complexity index is 886. The quantitative estimate of drug-likeness (QED) is 0.753. The predicted octanol–water partition coefficient (Wildman–Crippen LogP) is 3.20. The Balaban J connectivity index is 2.16. The number of aromatic nitrogens is 2. The number of ether oxygens (including phenoxy) is 2. The first-order valence-electron chi connectivity index (χ1n) is 7.62. The smallest absolute Gasteiger partial charge is 0.323 e. The maximum atomic E-state index is 11.3. The van der Waals surface area contributed by atoms with Crippen LogP contribution in [-0.4, -0.2) is 34.3 Å². The van der Waals surface area contributed by atoms with Gasteiger partial charge in [-0.15, -0.1) is 0 Å². The molecule has 0 saturated carbocycles. The van der Waals surface area contributed by atoms with Crippen LogP contribution in [0, 0.1) is 0 Å². The minimum absolute atomic E-state index is 0.161. The molecule has 0 spiro atoms. The molecule has 0 atom stereocenters. The number of methoxy groups -OCH3 is 1. The van der Waals surface area contributed by atoms with Gasteiger partial charge in [0.1, 0.15) is 12.4 Å². The number of aliphatic carboxylic acids is 1. The number of carboxylic acid groups (broad SMARTS) is 1. The topological polar surface area (TPSA) is 73.6 Å². The molecule has 1 heterocycles. The number of imidazole rings is 1. The molecule has 6 heteroatoms. The molecule has 2 aromatic carbocycles. The summed E-state index contributed by atoms with van der Waals surface area (Å²) in [4.78, 5) is 15.9. The van der Waals surface area contributed by atoms with E-state index in [1.54, 1.807) is 11.7 Å². The van der Waals surface area contributed by atoms with E-state index in [4.69, 9.17) is 9.47 Å². The summed E-state index contributed by atoms with van der Waals surface area (Å²) in [7, 11) is 1.57. The lowest BCUT2D eigenvalue weighted by molar-refractivity contribution is -0.137. The molecule has 0 aliphatic rings. The third-order valence-corrected chi connectivity index (χ3v) is 3.67. The van der Waals surface area contributed by atoms with Gasteiger partial charge in [0, 0.05) is 5.56 Å². The molecule has 124 valence electrons. The number of benzene rings is 2. The lowest BCUT2D eigenvalue weighted by atomic mass is 10.2. The van der Waals surface area contributed by atoms with E-state index >= 15 is 0 Å². The predicted molar refractivity (Wildman–Crippen MR) is 90.5 cm³/mol. The monoisotopic (exact) mass is 326 g/mol. The van der Waals surface area contributed by atoms with E-state index in [1.165, 1.54) is 0 Å². The summed E-state index contributed by atoms with van der Waals surface area (Å²) in [5.41, 5.74) is 2.30. The summed E-state index contributed by atoms with van der Waals surface area (Å²) in [6.45, 7) is 2.28. The van der Waals surface area contributed by atoms with Gasteiger partial charge < -0.3 is 19.1 Å². The van der Waals surface area contributed by atoms with Crippen molar-refractivity contribution in [3.05, 3.63) is 42.5 Å². The number of hydrogen-bond acceptors (Lipinski definition) is 4. The molecule has 24 heavy (non-hydrogen) atoms. The number of carbonyl (C=O) groups is 1. The lowest BCUT2D eigenvalue weighted by Crippen LogP contribution is -2.10. The van der Waals surface area contributed by atoms with Gasteiger partial charge in [-0.25, -0.2) is 4.98 Å². The molecule has 1 N–H and O–H groups in total. The second kappa shape index (κ2) is 6.62. The summed E-state index contributed by atoms with van der Waals surface area (Å²) >= 11 is 0. The Morgan fingerprint density at radius 2 is 2.00 bits per heavy atom. The van der Waals surface area contributed by atoms with Crippen LogP contribution in [0.4, 0.5) is 0 Å². The van der Waals surface area contributed by atoms with Crippen molar-refractivity contribution in [2.24, 2.45) is 0 Å². The van der Waals surface area contributed by atoms with E-state index < -0.39 is 5.97 Å². The van der Waals surface area contributed by atoms with Gasteiger partial charge in [-0.1, -0.05) is 12.1 Å². The van der Waals surface area contributed by atoms with Crippen LogP contribution in [0.25, 0.3) is 22.4 Å². The summed E-state index contributed by atoms with van der Waals surface area (Å²) in [5.74, 6) is 0.894. The van der Waals surface area contributed by atoms with Crippen LogP contribution >= 0.6 is 0 Å². The summed E-state index contributed by atoms with van der Waals surface area (Å²) in [6, 6.07) is 12.9. The molecule has 0 fully saturated rings. The molecule has 0 saturated heterocycles. The van der Waals surface area contributed by atoms with Gasteiger partial charge in [-0.2, -0.15) is 0 Å². The molecule has 0 radical (unpaired) electrons. The third kappa shape index (κ3) is 2.90. The first-order chi connectivity index (χ1) is 11.6. The molecular weight excluding hydrogens is 308 g/mol. The second-order valence-electron chi connectivity index (χ2n) is 5.20. The summed E-state index contributed by atoms with van der Waals surface area (Å²) < 4.78 is 12.6. The van der Waals surface area contributed by atoms with E-state index in [2.05, 4.69) is 4.98 Å². The molecule has 0 amide bonds. The standard InChI is InChI=1S/C18H18N2O4/c1-3-24-15-9-8-12(10-16(15)23-2)18-19-13-6-4-5-7-14(13)20(18)11-17(21)22/h4-10H,3,11H2,1-2H3,(H,21,22). The van der Waals surface area contributed by atoms with E-state index in [-0.39, 0.29) is 6.54 Å². The number of fused-ring (bicyclic) bond motifs is 1. The van der Waals surface area contributed by atoms with Crippen molar-refractivity contribution in [2.75, 3.05) is 13.7 Å². The van der Waals surface area contributed by atoms with Crippen LogP contribution in [0.3, 0.4) is 0 Å². The minimum Gasteiger partial charge on any atom is -0.493 e. The molecule has 0 bridgehead atoms. The number of nitrogens with zero attached hydrogens (tertiary/aromatic N) is 2. The van der Waals surface area contributed by atoms with Crippen LogP contribution in [-0.2, 0) is 11.3 Å². The zero-order chi connectivity index (χ0) is 17.1. The minimum atomic E-state index is -0.919. The molecule has 1 aromatic heterocycles. The first kappa shape index (κ1) is 15.9. The van der Waals surface area contributed by atoms with Crippen molar-refractivity contribution < 1.29 is 19.4 Å². The van der Waals surface area contributed by atoms with Gasteiger partial charge in [-0.05, 0) is 37.3 Å². The third-order valence-electron chi connectivity index (χ3n) is 3.67. The van der Waals surface area contributed by atoms with Crippen molar-refractivity contribution in [3.8, 4) is 22.9 Å². The van der Waals surface area contributed by atoms with Crippen molar-refractivity contribution in [2.45, 2.75) is 13.5 Å².